The number of imidazole rings is 1. The Balaban J connectivity index is 1.29. The van der Waals surface area contributed by atoms with E-state index in [-0.39, 0.29) is 0 Å². The van der Waals surface area contributed by atoms with Crippen LogP contribution in [0.4, 0.5) is 11.5 Å². The molecule has 0 atom stereocenters. The summed E-state index contributed by atoms with van der Waals surface area (Å²) in [4.78, 5) is 5.70. The molecule has 1 N–H and O–H groups in total. The number of benzene rings is 2. The molecule has 5 aromatic rings. The van der Waals surface area contributed by atoms with Crippen molar-refractivity contribution in [1.82, 2.24) is 14.6 Å². The lowest BCUT2D eigenvalue weighted by Crippen LogP contribution is -2.02. The van der Waals surface area contributed by atoms with Gasteiger partial charge in [-0.05, 0) is 79.1 Å². The van der Waals surface area contributed by atoms with Crippen LogP contribution in [-0.4, -0.2) is 21.2 Å². The zero-order valence-electron chi connectivity index (χ0n) is 17.2. The van der Waals surface area contributed by atoms with Crippen LogP contribution >= 0.6 is 11.3 Å². The van der Waals surface area contributed by atoms with Crippen LogP contribution in [0.1, 0.15) is 18.4 Å². The number of anilines is 2. The summed E-state index contributed by atoms with van der Waals surface area (Å²) >= 11 is 1.76. The molecule has 0 spiro atoms. The van der Waals surface area contributed by atoms with Gasteiger partial charge in [-0.15, -0.1) is 16.4 Å². The molecule has 0 saturated heterocycles. The molecule has 154 valence electrons. The first-order valence-electron chi connectivity index (χ1n) is 10.6. The zero-order valence-corrected chi connectivity index (χ0v) is 18.0. The first kappa shape index (κ1) is 18.4. The van der Waals surface area contributed by atoms with Crippen molar-refractivity contribution in [3.63, 3.8) is 0 Å². The minimum atomic E-state index is 0.749. The first-order chi connectivity index (χ1) is 15.2. The second-order valence-electron chi connectivity index (χ2n) is 8.14. The number of thiophene rings is 1. The highest BCUT2D eigenvalue weighted by Gasteiger charge is 2.22. The molecule has 0 amide bonds. The van der Waals surface area contributed by atoms with Gasteiger partial charge in [0.25, 0.3) is 0 Å². The third-order valence-corrected chi connectivity index (χ3v) is 6.80. The number of aromatic nitrogens is 3. The fraction of sp³-hybridized carbons (Fsp3) is 0.200. The van der Waals surface area contributed by atoms with Crippen molar-refractivity contribution < 1.29 is 4.74 Å². The second kappa shape index (κ2) is 7.39. The summed E-state index contributed by atoms with van der Waals surface area (Å²) in [5.41, 5.74) is 3.95. The van der Waals surface area contributed by atoms with Crippen molar-refractivity contribution in [3.05, 3.63) is 72.4 Å². The summed E-state index contributed by atoms with van der Waals surface area (Å²) < 4.78 is 9.12. The minimum absolute atomic E-state index is 0.749. The van der Waals surface area contributed by atoms with E-state index in [1.807, 2.05) is 35.0 Å². The Labute approximate surface area is 184 Å². The SMILES string of the molecule is Cc1cc(Nc2ccc3ncc(-c4cc5ccccc5s4)n3n2)ccc1OCC1CC1. The fourth-order valence-electron chi connectivity index (χ4n) is 3.75. The predicted octanol–water partition coefficient (Wildman–Crippen LogP) is 6.45. The van der Waals surface area contributed by atoms with Crippen molar-refractivity contribution >= 4 is 38.6 Å². The molecule has 1 fully saturated rings. The predicted molar refractivity (Wildman–Crippen MR) is 126 cm³/mol. The average molecular weight is 427 g/mol. The lowest BCUT2D eigenvalue weighted by molar-refractivity contribution is 0.298. The number of fused-ring (bicyclic) bond motifs is 2. The second-order valence-corrected chi connectivity index (χ2v) is 9.22. The lowest BCUT2D eigenvalue weighted by atomic mass is 10.2. The number of hydrogen-bond acceptors (Lipinski definition) is 5. The van der Waals surface area contributed by atoms with E-state index in [1.165, 1.54) is 22.9 Å². The fourth-order valence-corrected chi connectivity index (χ4v) is 4.80. The van der Waals surface area contributed by atoms with Crippen LogP contribution in [-0.2, 0) is 0 Å². The summed E-state index contributed by atoms with van der Waals surface area (Å²) in [5.74, 6) is 2.49. The van der Waals surface area contributed by atoms with Crippen molar-refractivity contribution in [2.75, 3.05) is 11.9 Å². The van der Waals surface area contributed by atoms with Crippen molar-refractivity contribution in [1.29, 1.82) is 0 Å². The largest absolute Gasteiger partial charge is 0.493 e. The summed E-state index contributed by atoms with van der Waals surface area (Å²) in [6.45, 7) is 2.91. The molecule has 1 aliphatic rings. The van der Waals surface area contributed by atoms with Gasteiger partial charge in [-0.3, -0.25) is 0 Å². The standard InChI is InChI=1S/C25H22N4OS/c1-16-12-19(8-9-21(16)30-15-17-6-7-17)27-24-10-11-25-26-14-20(29(25)28-24)23-13-18-4-2-3-5-22(18)31-23/h2-5,8-14,17H,6-7,15H2,1H3,(H,27,28). The molecule has 1 saturated carbocycles. The Hall–Kier alpha value is -3.38. The highest BCUT2D eigenvalue weighted by molar-refractivity contribution is 7.22. The van der Waals surface area contributed by atoms with Crippen molar-refractivity contribution in [2.24, 2.45) is 5.92 Å². The van der Waals surface area contributed by atoms with Crippen LogP contribution in [0, 0.1) is 12.8 Å². The van der Waals surface area contributed by atoms with Crippen LogP contribution in [0.2, 0.25) is 0 Å². The Morgan fingerprint density at radius 2 is 2.00 bits per heavy atom. The van der Waals surface area contributed by atoms with E-state index in [0.29, 0.717) is 0 Å². The Kier molecular flexibility index (Phi) is 4.39. The van der Waals surface area contributed by atoms with Crippen LogP contribution in [0.5, 0.6) is 5.75 Å². The summed E-state index contributed by atoms with van der Waals surface area (Å²) in [7, 11) is 0. The van der Waals surface area contributed by atoms with E-state index in [2.05, 4.69) is 53.6 Å². The quantitative estimate of drug-likeness (QED) is 0.339. The maximum Gasteiger partial charge on any atom is 0.154 e. The van der Waals surface area contributed by atoms with Crippen LogP contribution in [0.15, 0.2) is 66.9 Å². The number of aryl methyl sites for hydroxylation is 1. The van der Waals surface area contributed by atoms with E-state index >= 15 is 0 Å². The molecule has 1 aliphatic carbocycles. The molecular formula is C25H22N4OS. The average Bonchev–Trinajstić information content (AvgIpc) is 3.35. The molecule has 31 heavy (non-hydrogen) atoms. The highest BCUT2D eigenvalue weighted by Crippen LogP contribution is 2.34. The number of nitrogens with one attached hydrogen (secondary N) is 1. The van der Waals surface area contributed by atoms with E-state index in [4.69, 9.17) is 9.84 Å². The molecule has 0 radical (unpaired) electrons. The van der Waals surface area contributed by atoms with E-state index in [9.17, 15) is 0 Å². The van der Waals surface area contributed by atoms with E-state index in [1.54, 1.807) is 11.3 Å². The van der Waals surface area contributed by atoms with Crippen LogP contribution in [0.25, 0.3) is 26.3 Å². The van der Waals surface area contributed by atoms with Gasteiger partial charge in [0.2, 0.25) is 0 Å². The zero-order chi connectivity index (χ0) is 20.8. The van der Waals surface area contributed by atoms with Gasteiger partial charge in [0.15, 0.2) is 11.5 Å². The minimum Gasteiger partial charge on any atom is -0.493 e. The molecule has 0 aliphatic heterocycles. The topological polar surface area (TPSA) is 51.5 Å². The molecule has 6 rings (SSSR count). The van der Waals surface area contributed by atoms with Gasteiger partial charge in [0, 0.05) is 10.4 Å². The number of ether oxygens (including phenoxy) is 1. The normalized spacial score (nSPS) is 13.7. The Bertz CT molecular complexity index is 1370. The van der Waals surface area contributed by atoms with Crippen LogP contribution < -0.4 is 10.1 Å². The van der Waals surface area contributed by atoms with Crippen LogP contribution in [0.3, 0.4) is 0 Å². The van der Waals surface area contributed by atoms with Crippen molar-refractivity contribution in [2.45, 2.75) is 19.8 Å². The number of rotatable bonds is 6. The third kappa shape index (κ3) is 3.64. The highest BCUT2D eigenvalue weighted by atomic mass is 32.1. The maximum atomic E-state index is 5.95. The van der Waals surface area contributed by atoms with Gasteiger partial charge in [-0.25, -0.2) is 9.50 Å². The van der Waals surface area contributed by atoms with Gasteiger partial charge in [0.05, 0.1) is 17.7 Å². The van der Waals surface area contributed by atoms with Gasteiger partial charge in [-0.1, -0.05) is 18.2 Å². The summed E-state index contributed by atoms with van der Waals surface area (Å²) in [6.07, 6.45) is 4.49. The lowest BCUT2D eigenvalue weighted by Gasteiger charge is -2.11. The molecule has 6 heteroatoms. The molecule has 3 aromatic heterocycles. The van der Waals surface area contributed by atoms with Gasteiger partial charge in [-0.2, -0.15) is 0 Å². The smallest absolute Gasteiger partial charge is 0.154 e. The van der Waals surface area contributed by atoms with Gasteiger partial charge in [0.1, 0.15) is 11.4 Å². The number of nitrogens with zero attached hydrogens (tertiary/aromatic N) is 3. The first-order valence-corrected chi connectivity index (χ1v) is 11.4. The van der Waals surface area contributed by atoms with Crippen molar-refractivity contribution in [3.8, 4) is 16.3 Å². The molecule has 0 unspecified atom stereocenters. The van der Waals surface area contributed by atoms with Gasteiger partial charge >= 0.3 is 0 Å². The molecule has 3 heterocycles. The molecule has 0 bridgehead atoms. The summed E-state index contributed by atoms with van der Waals surface area (Å²) in [5, 5.41) is 9.48. The monoisotopic (exact) mass is 426 g/mol. The third-order valence-electron chi connectivity index (χ3n) is 5.66. The molecule has 5 nitrogen and oxygen atoms in total. The Morgan fingerprint density at radius 1 is 1.10 bits per heavy atom. The maximum absolute atomic E-state index is 5.95. The van der Waals surface area contributed by atoms with Gasteiger partial charge < -0.3 is 10.1 Å². The number of hydrogen-bond donors (Lipinski definition) is 1. The summed E-state index contributed by atoms with van der Waals surface area (Å²) in [6, 6.07) is 20.8. The Morgan fingerprint density at radius 3 is 2.84 bits per heavy atom. The van der Waals surface area contributed by atoms with E-state index < -0.39 is 0 Å². The molecular weight excluding hydrogens is 404 g/mol. The molecule has 2 aromatic carbocycles. The van der Waals surface area contributed by atoms with E-state index in [0.717, 1.165) is 51.6 Å².